The van der Waals surface area contributed by atoms with Gasteiger partial charge in [-0.1, -0.05) is 30.3 Å². The number of fused-ring (bicyclic) bond motifs is 2. The van der Waals surface area contributed by atoms with Crippen LogP contribution in [0.3, 0.4) is 0 Å². The molecule has 3 amide bonds. The number of hydrogen-bond donors (Lipinski definition) is 2. The number of methoxy groups -OCH3 is 1. The first-order valence-electron chi connectivity index (χ1n) is 15.0. The zero-order chi connectivity index (χ0) is 31.5. The Labute approximate surface area is 262 Å². The lowest BCUT2D eigenvalue weighted by Crippen LogP contribution is -2.51. The van der Waals surface area contributed by atoms with Gasteiger partial charge in [0.05, 0.1) is 36.8 Å². The molecule has 0 saturated carbocycles. The summed E-state index contributed by atoms with van der Waals surface area (Å²) in [5.74, 6) is 0.423. The van der Waals surface area contributed by atoms with Gasteiger partial charge in [0.15, 0.2) is 0 Å². The van der Waals surface area contributed by atoms with E-state index in [9.17, 15) is 14.4 Å². The molecule has 2 aliphatic heterocycles. The summed E-state index contributed by atoms with van der Waals surface area (Å²) in [6, 6.07) is 20.7. The number of piperazine rings is 1. The summed E-state index contributed by atoms with van der Waals surface area (Å²) in [6.45, 7) is 6.28. The quantitative estimate of drug-likeness (QED) is 0.312. The number of esters is 1. The molecule has 0 aliphatic carbocycles. The largest absolute Gasteiger partial charge is 0.465 e. The fraction of sp³-hybridized carbons (Fsp3) is 0.294. The van der Waals surface area contributed by atoms with Crippen LogP contribution in [0.15, 0.2) is 72.9 Å². The summed E-state index contributed by atoms with van der Waals surface area (Å²) >= 11 is 0. The lowest BCUT2D eigenvalue weighted by molar-refractivity contribution is 0.0600. The fourth-order valence-electron chi connectivity index (χ4n) is 5.84. The van der Waals surface area contributed by atoms with Crippen LogP contribution in [-0.2, 0) is 31.4 Å². The number of nitrogens with zero attached hydrogens (tertiary/aromatic N) is 5. The summed E-state index contributed by atoms with van der Waals surface area (Å²) in [5.41, 5.74) is 6.71. The van der Waals surface area contributed by atoms with Crippen molar-refractivity contribution in [3.05, 3.63) is 106 Å². The average molecular weight is 608 g/mol. The Morgan fingerprint density at radius 3 is 2.42 bits per heavy atom. The number of ether oxygens (including phenoxy) is 1. The number of aromatic nitrogens is 2. The molecule has 0 unspecified atom stereocenters. The fourth-order valence-corrected chi connectivity index (χ4v) is 5.84. The van der Waals surface area contributed by atoms with Crippen molar-refractivity contribution in [2.45, 2.75) is 26.6 Å². The van der Waals surface area contributed by atoms with Crippen LogP contribution in [0.2, 0.25) is 0 Å². The van der Waals surface area contributed by atoms with Crippen LogP contribution in [0.4, 0.5) is 22.0 Å². The summed E-state index contributed by atoms with van der Waals surface area (Å²) in [4.78, 5) is 44.4. The van der Waals surface area contributed by atoms with Gasteiger partial charge in [-0.3, -0.25) is 14.4 Å². The zero-order valence-electron chi connectivity index (χ0n) is 25.7. The van der Waals surface area contributed by atoms with E-state index in [2.05, 4.69) is 20.6 Å². The first-order valence-corrected chi connectivity index (χ1v) is 15.0. The van der Waals surface area contributed by atoms with Crippen molar-refractivity contribution >= 4 is 35.1 Å². The third-order valence-corrected chi connectivity index (χ3v) is 8.50. The van der Waals surface area contributed by atoms with Crippen molar-refractivity contribution in [2.24, 2.45) is 7.05 Å². The summed E-state index contributed by atoms with van der Waals surface area (Å²) < 4.78 is 6.54. The summed E-state index contributed by atoms with van der Waals surface area (Å²) in [6.07, 6.45) is 1.79. The molecule has 0 radical (unpaired) electrons. The van der Waals surface area contributed by atoms with Crippen molar-refractivity contribution in [1.82, 2.24) is 24.9 Å². The smallest absolute Gasteiger partial charge is 0.337 e. The van der Waals surface area contributed by atoms with Crippen LogP contribution in [0.1, 0.15) is 43.0 Å². The minimum atomic E-state index is -0.345. The second-order valence-electron chi connectivity index (χ2n) is 11.4. The predicted molar refractivity (Wildman–Crippen MR) is 171 cm³/mol. The van der Waals surface area contributed by atoms with E-state index in [4.69, 9.17) is 4.74 Å². The van der Waals surface area contributed by atoms with E-state index in [-0.39, 0.29) is 17.9 Å². The monoisotopic (exact) mass is 607 g/mol. The number of carbonyl (C=O) groups is 3. The first kappa shape index (κ1) is 29.9. The minimum Gasteiger partial charge on any atom is -0.465 e. The normalized spacial score (nSPS) is 14.6. The van der Waals surface area contributed by atoms with Crippen LogP contribution in [0.25, 0.3) is 0 Å². The Morgan fingerprint density at radius 1 is 0.956 bits per heavy atom. The molecule has 0 bridgehead atoms. The molecule has 1 fully saturated rings. The van der Waals surface area contributed by atoms with Gasteiger partial charge in [-0.15, -0.1) is 0 Å². The molecule has 232 valence electrons. The third kappa shape index (κ3) is 6.39. The van der Waals surface area contributed by atoms with E-state index in [1.165, 1.54) is 7.11 Å². The molecule has 11 nitrogen and oxygen atoms in total. The van der Waals surface area contributed by atoms with E-state index in [1.807, 2.05) is 73.5 Å². The third-order valence-electron chi connectivity index (χ3n) is 8.50. The zero-order valence-corrected chi connectivity index (χ0v) is 25.7. The van der Waals surface area contributed by atoms with Crippen molar-refractivity contribution in [3.63, 3.8) is 0 Å². The molecule has 3 aromatic carbocycles. The van der Waals surface area contributed by atoms with Crippen molar-refractivity contribution < 1.29 is 19.1 Å². The number of carbonyl (C=O) groups excluding carboxylic acids is 3. The minimum absolute atomic E-state index is 0.0995. The van der Waals surface area contributed by atoms with Crippen LogP contribution in [0, 0.1) is 6.92 Å². The molecular formula is C34H37N7O4. The topological polar surface area (TPSA) is 112 Å². The molecule has 4 aromatic rings. The molecule has 1 saturated heterocycles. The SMILES string of the molecule is COC(=O)c1ccc(CN2CCN(C(=O)NCc3ccc(C(=O)N4Cc5cnn(C)c5Nc5ccccc54)cc3C)CC2)cc1. The highest BCUT2D eigenvalue weighted by molar-refractivity contribution is 6.08. The molecule has 3 heterocycles. The van der Waals surface area contributed by atoms with E-state index < -0.39 is 0 Å². The van der Waals surface area contributed by atoms with Crippen molar-refractivity contribution in [3.8, 4) is 0 Å². The molecule has 45 heavy (non-hydrogen) atoms. The van der Waals surface area contributed by atoms with Gasteiger partial charge >= 0.3 is 12.0 Å². The van der Waals surface area contributed by atoms with Gasteiger partial charge in [0.25, 0.3) is 5.91 Å². The number of nitrogens with one attached hydrogen (secondary N) is 2. The highest BCUT2D eigenvalue weighted by atomic mass is 16.5. The Hall–Kier alpha value is -5.16. The predicted octanol–water partition coefficient (Wildman–Crippen LogP) is 4.45. The van der Waals surface area contributed by atoms with E-state index in [0.29, 0.717) is 37.3 Å². The molecular weight excluding hydrogens is 570 g/mol. The molecule has 0 spiro atoms. The van der Waals surface area contributed by atoms with Gasteiger partial charge in [-0.2, -0.15) is 5.10 Å². The number of hydrogen-bond acceptors (Lipinski definition) is 7. The van der Waals surface area contributed by atoms with Gasteiger partial charge in [0.2, 0.25) is 0 Å². The van der Waals surface area contributed by atoms with Crippen molar-refractivity contribution in [2.75, 3.05) is 43.5 Å². The van der Waals surface area contributed by atoms with Gasteiger partial charge in [-0.05, 0) is 60.0 Å². The van der Waals surface area contributed by atoms with E-state index >= 15 is 0 Å². The van der Waals surface area contributed by atoms with E-state index in [0.717, 1.165) is 59.1 Å². The molecule has 1 aromatic heterocycles. The Kier molecular flexibility index (Phi) is 8.52. The van der Waals surface area contributed by atoms with Crippen LogP contribution >= 0.6 is 0 Å². The van der Waals surface area contributed by atoms with Crippen LogP contribution < -0.4 is 15.5 Å². The number of benzene rings is 3. The number of amides is 3. The highest BCUT2D eigenvalue weighted by Gasteiger charge is 2.27. The average Bonchev–Trinajstić information content (AvgIpc) is 3.31. The number of anilines is 3. The standard InChI is InChI=1S/C34H37N7O4/c1-23-18-26(32(42)41-22-28-20-36-38(2)31(28)37-29-6-4-5-7-30(29)41)12-13-27(23)19-35-34(44)40-16-14-39(15-17-40)21-24-8-10-25(11-9-24)33(43)45-3/h4-13,18,20,37H,14-17,19,21-22H2,1-3H3,(H,35,44). The summed E-state index contributed by atoms with van der Waals surface area (Å²) in [5, 5.41) is 10.8. The maximum absolute atomic E-state index is 13.8. The van der Waals surface area contributed by atoms with Gasteiger partial charge in [0.1, 0.15) is 5.82 Å². The molecule has 0 atom stereocenters. The van der Waals surface area contributed by atoms with Crippen LogP contribution in [-0.4, -0.2) is 70.8 Å². The lowest BCUT2D eigenvalue weighted by Gasteiger charge is -2.34. The maximum atomic E-state index is 13.8. The van der Waals surface area contributed by atoms with Gasteiger partial charge < -0.3 is 25.2 Å². The summed E-state index contributed by atoms with van der Waals surface area (Å²) in [7, 11) is 3.25. The molecule has 6 rings (SSSR count). The number of rotatable bonds is 6. The number of urea groups is 1. The molecule has 2 aliphatic rings. The Bertz CT molecular complexity index is 1720. The Morgan fingerprint density at radius 2 is 1.69 bits per heavy atom. The lowest BCUT2D eigenvalue weighted by atomic mass is 10.0. The van der Waals surface area contributed by atoms with Crippen LogP contribution in [0.5, 0.6) is 0 Å². The van der Waals surface area contributed by atoms with Gasteiger partial charge in [0, 0.05) is 57.4 Å². The number of aryl methyl sites for hydroxylation is 2. The first-order chi connectivity index (χ1) is 21.8. The highest BCUT2D eigenvalue weighted by Crippen LogP contribution is 2.36. The second kappa shape index (κ2) is 12.8. The second-order valence-corrected chi connectivity index (χ2v) is 11.4. The van der Waals surface area contributed by atoms with Crippen molar-refractivity contribution in [1.29, 1.82) is 0 Å². The van der Waals surface area contributed by atoms with E-state index in [1.54, 1.807) is 27.9 Å². The molecule has 2 N–H and O–H groups in total. The number of para-hydroxylation sites is 2. The Balaban J connectivity index is 1.04. The van der Waals surface area contributed by atoms with Gasteiger partial charge in [-0.25, -0.2) is 9.59 Å². The maximum Gasteiger partial charge on any atom is 0.337 e. The molecule has 11 heteroatoms.